The largest absolute Gasteiger partial charge is 0.326 e. The zero-order valence-corrected chi connectivity index (χ0v) is 14.4. The van der Waals surface area contributed by atoms with Crippen LogP contribution in [-0.2, 0) is 20.8 Å². The van der Waals surface area contributed by atoms with Crippen LogP contribution in [0.3, 0.4) is 0 Å². The Kier molecular flexibility index (Phi) is 4.86. The Labute approximate surface area is 150 Å². The van der Waals surface area contributed by atoms with Gasteiger partial charge in [-0.15, -0.1) is 0 Å². The predicted octanol–water partition coefficient (Wildman–Crippen LogP) is 3.42. The molecular weight excluding hydrogens is 340 g/mol. The van der Waals surface area contributed by atoms with Crippen molar-refractivity contribution in [3.05, 3.63) is 59.1 Å². The van der Waals surface area contributed by atoms with Crippen LogP contribution in [0.2, 0.25) is 5.02 Å². The summed E-state index contributed by atoms with van der Waals surface area (Å²) in [6.45, 7) is 1.40. The third-order valence-corrected chi connectivity index (χ3v) is 4.31. The van der Waals surface area contributed by atoms with Gasteiger partial charge in [0.05, 0.1) is 11.6 Å². The van der Waals surface area contributed by atoms with E-state index in [1.807, 2.05) is 12.1 Å². The first-order valence-electron chi connectivity index (χ1n) is 7.93. The maximum atomic E-state index is 12.7. The SMILES string of the molecule is CC(=O)Nc1cccc(N2C(=O)C[C@@H](Cc3ccc(Cl)cc3)C2=O)c1. The molecule has 1 fully saturated rings. The summed E-state index contributed by atoms with van der Waals surface area (Å²) in [5.74, 6) is -1.06. The molecule has 0 aliphatic carbocycles. The van der Waals surface area contributed by atoms with Gasteiger partial charge >= 0.3 is 0 Å². The minimum Gasteiger partial charge on any atom is -0.326 e. The molecule has 1 aliphatic rings. The first-order chi connectivity index (χ1) is 11.9. The molecule has 0 bridgehead atoms. The average Bonchev–Trinajstić information content (AvgIpc) is 2.83. The number of nitrogens with zero attached hydrogens (tertiary/aromatic N) is 1. The van der Waals surface area contributed by atoms with Crippen LogP contribution in [0, 0.1) is 5.92 Å². The van der Waals surface area contributed by atoms with E-state index < -0.39 is 5.92 Å². The fourth-order valence-corrected chi connectivity index (χ4v) is 3.08. The number of benzene rings is 2. The minimum absolute atomic E-state index is 0.172. The molecule has 1 saturated heterocycles. The summed E-state index contributed by atoms with van der Waals surface area (Å²) < 4.78 is 0. The molecule has 0 aromatic heterocycles. The Bertz CT molecular complexity index is 833. The van der Waals surface area contributed by atoms with Gasteiger partial charge in [-0.1, -0.05) is 29.8 Å². The standard InChI is InChI=1S/C19H17ClN2O3/c1-12(23)21-16-3-2-4-17(11-16)22-18(24)10-14(19(22)25)9-13-5-7-15(20)8-6-13/h2-8,11,14H,9-10H2,1H3,(H,21,23)/t14-/m1/s1. The smallest absolute Gasteiger partial charge is 0.237 e. The van der Waals surface area contributed by atoms with Gasteiger partial charge in [0.2, 0.25) is 17.7 Å². The molecule has 1 aliphatic heterocycles. The van der Waals surface area contributed by atoms with Gasteiger partial charge in [-0.05, 0) is 42.3 Å². The van der Waals surface area contributed by atoms with Crippen molar-refractivity contribution in [1.82, 2.24) is 0 Å². The summed E-state index contributed by atoms with van der Waals surface area (Å²) in [4.78, 5) is 37.5. The molecule has 0 radical (unpaired) electrons. The highest BCUT2D eigenvalue weighted by molar-refractivity contribution is 6.30. The number of amides is 3. The van der Waals surface area contributed by atoms with Gasteiger partial charge in [0.15, 0.2) is 0 Å². The van der Waals surface area contributed by atoms with Crippen LogP contribution < -0.4 is 10.2 Å². The van der Waals surface area contributed by atoms with Crippen molar-refractivity contribution in [3.63, 3.8) is 0 Å². The van der Waals surface area contributed by atoms with E-state index in [0.717, 1.165) is 5.56 Å². The highest BCUT2D eigenvalue weighted by atomic mass is 35.5. The lowest BCUT2D eigenvalue weighted by Gasteiger charge is -2.16. The molecule has 3 rings (SSSR count). The normalized spacial score (nSPS) is 17.0. The van der Waals surface area contributed by atoms with E-state index >= 15 is 0 Å². The zero-order valence-electron chi connectivity index (χ0n) is 13.7. The van der Waals surface area contributed by atoms with E-state index in [4.69, 9.17) is 11.6 Å². The van der Waals surface area contributed by atoms with E-state index in [0.29, 0.717) is 22.8 Å². The van der Waals surface area contributed by atoms with Crippen LogP contribution in [0.5, 0.6) is 0 Å². The molecule has 0 spiro atoms. The summed E-state index contributed by atoms with van der Waals surface area (Å²) in [5.41, 5.74) is 1.98. The number of imide groups is 1. The third kappa shape index (κ3) is 3.88. The van der Waals surface area contributed by atoms with Crippen molar-refractivity contribution in [2.45, 2.75) is 19.8 Å². The van der Waals surface area contributed by atoms with Crippen LogP contribution in [-0.4, -0.2) is 17.7 Å². The van der Waals surface area contributed by atoms with Crippen LogP contribution in [0.1, 0.15) is 18.9 Å². The van der Waals surface area contributed by atoms with Gasteiger partial charge in [0, 0.05) is 24.1 Å². The molecule has 0 saturated carbocycles. The molecular formula is C19H17ClN2O3. The van der Waals surface area contributed by atoms with Gasteiger partial charge in [-0.2, -0.15) is 0 Å². The molecule has 128 valence electrons. The summed E-state index contributed by atoms with van der Waals surface area (Å²) in [6, 6.07) is 14.0. The lowest BCUT2D eigenvalue weighted by molar-refractivity contribution is -0.122. The second-order valence-corrected chi connectivity index (χ2v) is 6.47. The Hall–Kier alpha value is -2.66. The van der Waals surface area contributed by atoms with Crippen molar-refractivity contribution in [2.75, 3.05) is 10.2 Å². The Morgan fingerprint density at radius 1 is 1.20 bits per heavy atom. The first-order valence-corrected chi connectivity index (χ1v) is 8.31. The number of carbonyl (C=O) groups is 3. The number of anilines is 2. The molecule has 5 nitrogen and oxygen atoms in total. The van der Waals surface area contributed by atoms with Gasteiger partial charge in [-0.25, -0.2) is 0 Å². The van der Waals surface area contributed by atoms with Crippen molar-refractivity contribution in [1.29, 1.82) is 0 Å². The van der Waals surface area contributed by atoms with E-state index in [1.54, 1.807) is 36.4 Å². The Morgan fingerprint density at radius 3 is 2.60 bits per heavy atom. The summed E-state index contributed by atoms with van der Waals surface area (Å²) in [5, 5.41) is 3.29. The fraction of sp³-hybridized carbons (Fsp3) is 0.211. The minimum atomic E-state index is -0.391. The molecule has 6 heteroatoms. The van der Waals surface area contributed by atoms with E-state index in [-0.39, 0.29) is 24.1 Å². The third-order valence-electron chi connectivity index (χ3n) is 4.06. The topological polar surface area (TPSA) is 66.5 Å². The van der Waals surface area contributed by atoms with E-state index in [1.165, 1.54) is 11.8 Å². The molecule has 0 unspecified atom stereocenters. The maximum Gasteiger partial charge on any atom is 0.237 e. The van der Waals surface area contributed by atoms with Gasteiger partial charge in [0.25, 0.3) is 0 Å². The van der Waals surface area contributed by atoms with Gasteiger partial charge in [0.1, 0.15) is 0 Å². The Morgan fingerprint density at radius 2 is 1.92 bits per heavy atom. The van der Waals surface area contributed by atoms with Crippen molar-refractivity contribution < 1.29 is 14.4 Å². The zero-order chi connectivity index (χ0) is 18.0. The van der Waals surface area contributed by atoms with Crippen LogP contribution in [0.15, 0.2) is 48.5 Å². The van der Waals surface area contributed by atoms with Crippen LogP contribution >= 0.6 is 11.6 Å². The second-order valence-electron chi connectivity index (χ2n) is 6.03. The van der Waals surface area contributed by atoms with Crippen molar-refractivity contribution in [2.24, 2.45) is 5.92 Å². The lowest BCUT2D eigenvalue weighted by atomic mass is 9.98. The fourth-order valence-electron chi connectivity index (χ4n) is 2.96. The monoisotopic (exact) mass is 356 g/mol. The van der Waals surface area contributed by atoms with Gasteiger partial charge in [-0.3, -0.25) is 19.3 Å². The molecule has 1 atom stereocenters. The molecule has 1 N–H and O–H groups in total. The summed E-state index contributed by atoms with van der Waals surface area (Å²) in [6.07, 6.45) is 0.662. The second kappa shape index (κ2) is 7.07. The molecule has 2 aromatic rings. The highest BCUT2D eigenvalue weighted by Crippen LogP contribution is 2.30. The number of carbonyl (C=O) groups excluding carboxylic acids is 3. The summed E-state index contributed by atoms with van der Waals surface area (Å²) >= 11 is 5.87. The number of nitrogens with one attached hydrogen (secondary N) is 1. The number of halogens is 1. The molecule has 25 heavy (non-hydrogen) atoms. The Balaban J connectivity index is 1.79. The van der Waals surface area contributed by atoms with Crippen molar-refractivity contribution in [3.8, 4) is 0 Å². The predicted molar refractivity (Wildman–Crippen MR) is 96.5 cm³/mol. The molecule has 3 amide bonds. The number of hydrogen-bond donors (Lipinski definition) is 1. The molecule has 2 aromatic carbocycles. The van der Waals surface area contributed by atoms with Gasteiger partial charge < -0.3 is 5.32 Å². The van der Waals surface area contributed by atoms with Crippen LogP contribution in [0.25, 0.3) is 0 Å². The van der Waals surface area contributed by atoms with E-state index in [2.05, 4.69) is 5.32 Å². The number of rotatable bonds is 4. The van der Waals surface area contributed by atoms with Crippen LogP contribution in [0.4, 0.5) is 11.4 Å². The first kappa shape index (κ1) is 17.2. The quantitative estimate of drug-likeness (QED) is 0.853. The molecule has 1 heterocycles. The van der Waals surface area contributed by atoms with Crippen molar-refractivity contribution >= 4 is 40.7 Å². The number of hydrogen-bond acceptors (Lipinski definition) is 3. The average molecular weight is 357 g/mol. The van der Waals surface area contributed by atoms with E-state index in [9.17, 15) is 14.4 Å². The lowest BCUT2D eigenvalue weighted by Crippen LogP contribution is -2.30. The maximum absolute atomic E-state index is 12.7. The summed E-state index contributed by atoms with van der Waals surface area (Å²) in [7, 11) is 0. The highest BCUT2D eigenvalue weighted by Gasteiger charge is 2.39.